The number of carbonyl (C=O) groups is 1. The Balaban J connectivity index is 1.67. The van der Waals surface area contributed by atoms with Gasteiger partial charge in [0.2, 0.25) is 0 Å². The third kappa shape index (κ3) is 4.33. The van der Waals surface area contributed by atoms with Crippen LogP contribution in [0.5, 0.6) is 0 Å². The lowest BCUT2D eigenvalue weighted by Gasteiger charge is -2.47. The van der Waals surface area contributed by atoms with E-state index in [0.29, 0.717) is 21.6 Å². The number of carbonyl (C=O) groups excluding carboxylic acids is 1. The molecule has 0 radical (unpaired) electrons. The first kappa shape index (κ1) is 22.6. The zero-order chi connectivity index (χ0) is 23.2. The molecular weight excluding hydrogens is 421 g/mol. The van der Waals surface area contributed by atoms with Crippen LogP contribution in [0.15, 0.2) is 40.2 Å². The molecule has 2 aromatic rings. The molecule has 0 spiro atoms. The van der Waals surface area contributed by atoms with Crippen LogP contribution in [0.2, 0.25) is 0 Å². The summed E-state index contributed by atoms with van der Waals surface area (Å²) in [6.45, 7) is 13.6. The molecular formula is C26H30FN3OS. The quantitative estimate of drug-likeness (QED) is 0.546. The van der Waals surface area contributed by atoms with Gasteiger partial charge in [0, 0.05) is 23.3 Å². The SMILES string of the molecule is CCN1c2cc(F)c(/C=C3/SC(=Nc4cc(C)cc(C)c4)NC3=O)cc2C(C)CC1(C)C. The van der Waals surface area contributed by atoms with Gasteiger partial charge >= 0.3 is 0 Å². The standard InChI is InChI=1S/C26H30FN3OS/c1-7-30-22-13-21(27)18(11-20(22)17(4)14-26(30,5)6)12-23-24(31)29-25(32-23)28-19-9-15(2)8-16(3)10-19/h8-13,17H,7,14H2,1-6H3,(H,28,29,31)/b23-12+. The molecule has 0 saturated carbocycles. The number of fused-ring (bicyclic) bond motifs is 1. The van der Waals surface area contributed by atoms with Gasteiger partial charge in [0.25, 0.3) is 5.91 Å². The maximum atomic E-state index is 15.1. The van der Waals surface area contributed by atoms with E-state index >= 15 is 4.39 Å². The smallest absolute Gasteiger partial charge is 0.264 e. The third-order valence-corrected chi connectivity index (χ3v) is 7.10. The van der Waals surface area contributed by atoms with E-state index in [1.165, 1.54) is 11.8 Å². The summed E-state index contributed by atoms with van der Waals surface area (Å²) in [6, 6.07) is 9.56. The molecule has 32 heavy (non-hydrogen) atoms. The maximum absolute atomic E-state index is 15.1. The van der Waals surface area contributed by atoms with Gasteiger partial charge < -0.3 is 10.2 Å². The van der Waals surface area contributed by atoms with Gasteiger partial charge in [-0.15, -0.1) is 0 Å². The Bertz CT molecular complexity index is 1130. The number of aryl methyl sites for hydroxylation is 2. The maximum Gasteiger partial charge on any atom is 0.264 e. The minimum absolute atomic E-state index is 0.0196. The highest BCUT2D eigenvalue weighted by atomic mass is 32.2. The zero-order valence-electron chi connectivity index (χ0n) is 19.5. The molecule has 1 fully saturated rings. The molecule has 1 N–H and O–H groups in total. The molecule has 2 aliphatic rings. The molecule has 1 atom stereocenters. The van der Waals surface area contributed by atoms with Crippen LogP contribution in [0, 0.1) is 19.7 Å². The molecule has 0 aliphatic carbocycles. The van der Waals surface area contributed by atoms with Gasteiger partial charge in [-0.2, -0.15) is 0 Å². The first-order chi connectivity index (χ1) is 15.1. The Hall–Kier alpha value is -2.60. The lowest BCUT2D eigenvalue weighted by molar-refractivity contribution is -0.115. The van der Waals surface area contributed by atoms with Gasteiger partial charge in [-0.1, -0.05) is 13.0 Å². The van der Waals surface area contributed by atoms with Gasteiger partial charge in [0.15, 0.2) is 5.17 Å². The summed E-state index contributed by atoms with van der Waals surface area (Å²) in [7, 11) is 0. The normalized spacial score (nSPS) is 22.4. The van der Waals surface area contributed by atoms with Gasteiger partial charge in [0.05, 0.1) is 10.6 Å². The first-order valence-corrected chi connectivity index (χ1v) is 11.9. The predicted molar refractivity (Wildman–Crippen MR) is 133 cm³/mol. The van der Waals surface area contributed by atoms with E-state index in [1.54, 1.807) is 12.1 Å². The molecule has 1 unspecified atom stereocenters. The molecule has 4 nitrogen and oxygen atoms in total. The van der Waals surface area contributed by atoms with E-state index in [2.05, 4.69) is 49.0 Å². The van der Waals surface area contributed by atoms with Crippen molar-refractivity contribution in [3.8, 4) is 0 Å². The summed E-state index contributed by atoms with van der Waals surface area (Å²) < 4.78 is 15.1. The average Bonchev–Trinajstić information content (AvgIpc) is 3.00. The molecule has 2 aromatic carbocycles. The summed E-state index contributed by atoms with van der Waals surface area (Å²) in [5.41, 5.74) is 5.53. The predicted octanol–water partition coefficient (Wildman–Crippen LogP) is 6.45. The van der Waals surface area contributed by atoms with Crippen molar-refractivity contribution in [2.45, 2.75) is 59.4 Å². The lowest BCUT2D eigenvalue weighted by Crippen LogP contribution is -2.48. The Kier molecular flexibility index (Phi) is 5.93. The number of benzene rings is 2. The lowest BCUT2D eigenvalue weighted by atomic mass is 9.79. The van der Waals surface area contributed by atoms with E-state index in [0.717, 1.165) is 41.0 Å². The number of amidine groups is 1. The van der Waals surface area contributed by atoms with Crippen LogP contribution in [0.3, 0.4) is 0 Å². The van der Waals surface area contributed by atoms with Gasteiger partial charge in [-0.3, -0.25) is 4.79 Å². The van der Waals surface area contributed by atoms with Crippen molar-refractivity contribution in [1.82, 2.24) is 5.32 Å². The highest BCUT2D eigenvalue weighted by molar-refractivity contribution is 8.18. The fourth-order valence-corrected chi connectivity index (χ4v) is 5.82. The van der Waals surface area contributed by atoms with E-state index in [1.807, 2.05) is 32.0 Å². The largest absolute Gasteiger partial charge is 0.366 e. The van der Waals surface area contributed by atoms with Crippen LogP contribution in [-0.4, -0.2) is 23.2 Å². The van der Waals surface area contributed by atoms with Crippen molar-refractivity contribution in [3.05, 3.63) is 63.3 Å². The van der Waals surface area contributed by atoms with Crippen molar-refractivity contribution in [3.63, 3.8) is 0 Å². The highest BCUT2D eigenvalue weighted by Gasteiger charge is 2.36. The summed E-state index contributed by atoms with van der Waals surface area (Å²) in [6.07, 6.45) is 2.64. The summed E-state index contributed by atoms with van der Waals surface area (Å²) in [4.78, 5) is 19.8. The number of amides is 1. The van der Waals surface area contributed by atoms with Gasteiger partial charge in [-0.25, -0.2) is 9.38 Å². The molecule has 4 rings (SSSR count). The first-order valence-electron chi connectivity index (χ1n) is 11.1. The second-order valence-corrected chi connectivity index (χ2v) is 10.5. The molecule has 2 heterocycles. The summed E-state index contributed by atoms with van der Waals surface area (Å²) in [5, 5.41) is 3.32. The summed E-state index contributed by atoms with van der Waals surface area (Å²) in [5.74, 6) is -0.250. The molecule has 0 aromatic heterocycles. The number of rotatable bonds is 3. The second-order valence-electron chi connectivity index (χ2n) is 9.42. The van der Waals surface area contributed by atoms with Crippen molar-refractivity contribution >= 4 is 40.3 Å². The van der Waals surface area contributed by atoms with Gasteiger partial charge in [-0.05, 0) is 106 Å². The van der Waals surface area contributed by atoms with Crippen LogP contribution >= 0.6 is 11.8 Å². The molecule has 0 bridgehead atoms. The van der Waals surface area contributed by atoms with Crippen molar-refractivity contribution in [1.29, 1.82) is 0 Å². The number of hydrogen-bond donors (Lipinski definition) is 1. The average molecular weight is 452 g/mol. The summed E-state index contributed by atoms with van der Waals surface area (Å²) >= 11 is 1.25. The molecule has 1 amide bonds. The van der Waals surface area contributed by atoms with E-state index in [-0.39, 0.29) is 17.3 Å². The fourth-order valence-electron chi connectivity index (χ4n) is 4.98. The van der Waals surface area contributed by atoms with Crippen LogP contribution in [0.25, 0.3) is 6.08 Å². The third-order valence-electron chi connectivity index (χ3n) is 6.19. The molecule has 2 aliphatic heterocycles. The van der Waals surface area contributed by atoms with Crippen LogP contribution in [0.1, 0.15) is 62.3 Å². The zero-order valence-corrected chi connectivity index (χ0v) is 20.4. The number of nitrogens with zero attached hydrogens (tertiary/aromatic N) is 2. The van der Waals surface area contributed by atoms with E-state index in [4.69, 9.17) is 0 Å². The van der Waals surface area contributed by atoms with Crippen LogP contribution in [0.4, 0.5) is 15.8 Å². The number of hydrogen-bond acceptors (Lipinski definition) is 4. The highest BCUT2D eigenvalue weighted by Crippen LogP contribution is 2.44. The van der Waals surface area contributed by atoms with E-state index in [9.17, 15) is 4.79 Å². The second kappa shape index (κ2) is 8.39. The number of halogens is 1. The number of anilines is 1. The monoisotopic (exact) mass is 451 g/mol. The number of thioether (sulfide) groups is 1. The number of aliphatic imine (C=N–C) groups is 1. The topological polar surface area (TPSA) is 44.7 Å². The minimum Gasteiger partial charge on any atom is -0.366 e. The van der Waals surface area contributed by atoms with Crippen molar-refractivity contribution in [2.24, 2.45) is 4.99 Å². The Morgan fingerprint density at radius 1 is 1.22 bits per heavy atom. The molecule has 1 saturated heterocycles. The Morgan fingerprint density at radius 3 is 2.56 bits per heavy atom. The molecule has 6 heteroatoms. The Labute approximate surface area is 194 Å². The number of nitrogens with one attached hydrogen (secondary N) is 1. The van der Waals surface area contributed by atoms with Crippen molar-refractivity contribution in [2.75, 3.05) is 11.4 Å². The Morgan fingerprint density at radius 2 is 1.91 bits per heavy atom. The fraction of sp³-hybridized carbons (Fsp3) is 0.385. The van der Waals surface area contributed by atoms with Crippen LogP contribution < -0.4 is 10.2 Å². The van der Waals surface area contributed by atoms with Gasteiger partial charge in [0.1, 0.15) is 5.82 Å². The van der Waals surface area contributed by atoms with Crippen LogP contribution in [-0.2, 0) is 4.79 Å². The van der Waals surface area contributed by atoms with E-state index < -0.39 is 0 Å². The molecule has 168 valence electrons. The van der Waals surface area contributed by atoms with Crippen molar-refractivity contribution < 1.29 is 9.18 Å². The minimum atomic E-state index is -0.312.